The monoisotopic (exact) mass is 382 g/mol. The van der Waals surface area contributed by atoms with Crippen molar-refractivity contribution in [3.63, 3.8) is 0 Å². The van der Waals surface area contributed by atoms with Gasteiger partial charge in [-0.1, -0.05) is 24.3 Å². The molecule has 2 aromatic rings. The Balaban J connectivity index is 1.81. The van der Waals surface area contributed by atoms with E-state index in [9.17, 15) is 19.7 Å². The normalized spacial score (nSPS) is 14.6. The highest BCUT2D eigenvalue weighted by atomic mass is 16.6. The number of amides is 1. The largest absolute Gasteiger partial charge is 0.460 e. The third-order valence-corrected chi connectivity index (χ3v) is 4.58. The fourth-order valence-corrected chi connectivity index (χ4v) is 3.17. The first-order valence-electron chi connectivity index (χ1n) is 8.99. The number of esters is 1. The minimum absolute atomic E-state index is 0.138. The quantitative estimate of drug-likeness (QED) is 0.449. The first-order chi connectivity index (χ1) is 13.1. The standard InChI is InChI=1S/C21H22N2O5/c1-13(20(25)28-21(2,3)4)14-8-10-16(11-9-14)22-12-15-6-5-7-17(23(26)27)18(15)19(22)24/h5-11,13H,12H2,1-4H3. The number of nitrogens with zero attached hydrogens (tertiary/aromatic N) is 2. The number of carbonyl (C=O) groups is 2. The number of benzene rings is 2. The van der Waals surface area contributed by atoms with Gasteiger partial charge in [0.15, 0.2) is 0 Å². The third kappa shape index (κ3) is 3.74. The molecule has 0 N–H and O–H groups in total. The van der Waals surface area contributed by atoms with E-state index in [0.717, 1.165) is 5.56 Å². The predicted molar refractivity (Wildman–Crippen MR) is 104 cm³/mol. The molecule has 3 rings (SSSR count). The van der Waals surface area contributed by atoms with Crippen LogP contribution in [-0.4, -0.2) is 22.4 Å². The van der Waals surface area contributed by atoms with Gasteiger partial charge < -0.3 is 9.64 Å². The number of anilines is 1. The molecule has 7 nitrogen and oxygen atoms in total. The van der Waals surface area contributed by atoms with Crippen molar-refractivity contribution in [1.82, 2.24) is 0 Å². The fourth-order valence-electron chi connectivity index (χ4n) is 3.17. The molecule has 0 spiro atoms. The lowest BCUT2D eigenvalue weighted by Crippen LogP contribution is -2.27. The van der Waals surface area contributed by atoms with Gasteiger partial charge in [-0.2, -0.15) is 0 Å². The van der Waals surface area contributed by atoms with E-state index in [0.29, 0.717) is 11.3 Å². The maximum Gasteiger partial charge on any atom is 0.313 e. The lowest BCUT2D eigenvalue weighted by molar-refractivity contribution is -0.385. The second kappa shape index (κ2) is 7.07. The maximum absolute atomic E-state index is 12.8. The first kappa shape index (κ1) is 19.5. The molecule has 0 aromatic heterocycles. The molecule has 0 bridgehead atoms. The van der Waals surface area contributed by atoms with Crippen LogP contribution in [0, 0.1) is 10.1 Å². The maximum atomic E-state index is 12.8. The molecule has 28 heavy (non-hydrogen) atoms. The molecule has 0 aliphatic carbocycles. The summed E-state index contributed by atoms with van der Waals surface area (Å²) < 4.78 is 5.41. The Morgan fingerprint density at radius 1 is 1.18 bits per heavy atom. The highest BCUT2D eigenvalue weighted by Crippen LogP contribution is 2.34. The molecule has 1 aliphatic rings. The van der Waals surface area contributed by atoms with E-state index >= 15 is 0 Å². The SMILES string of the molecule is CC(C(=O)OC(C)(C)C)c1ccc(N2Cc3cccc([N+](=O)[O-])c3C2=O)cc1. The van der Waals surface area contributed by atoms with Gasteiger partial charge in [-0.15, -0.1) is 0 Å². The van der Waals surface area contributed by atoms with Gasteiger partial charge in [0.2, 0.25) is 0 Å². The van der Waals surface area contributed by atoms with Crippen molar-refractivity contribution in [2.75, 3.05) is 4.90 Å². The summed E-state index contributed by atoms with van der Waals surface area (Å²) in [6, 6.07) is 11.7. The highest BCUT2D eigenvalue weighted by Gasteiger charge is 2.35. The molecule has 2 aromatic carbocycles. The Kier molecular flexibility index (Phi) is 4.93. The average Bonchev–Trinajstić information content (AvgIpc) is 2.96. The van der Waals surface area contributed by atoms with Crippen molar-refractivity contribution in [3.8, 4) is 0 Å². The van der Waals surface area contributed by atoms with Crippen LogP contribution in [0.15, 0.2) is 42.5 Å². The number of rotatable bonds is 4. The van der Waals surface area contributed by atoms with E-state index < -0.39 is 22.3 Å². The lowest BCUT2D eigenvalue weighted by Gasteiger charge is -2.23. The van der Waals surface area contributed by atoms with Crippen LogP contribution in [0.5, 0.6) is 0 Å². The van der Waals surface area contributed by atoms with Crippen molar-refractivity contribution in [2.24, 2.45) is 0 Å². The van der Waals surface area contributed by atoms with Crippen LogP contribution in [-0.2, 0) is 16.1 Å². The zero-order valence-corrected chi connectivity index (χ0v) is 16.3. The molecule has 1 heterocycles. The van der Waals surface area contributed by atoms with Crippen LogP contribution in [0.3, 0.4) is 0 Å². The number of hydrogen-bond donors (Lipinski definition) is 0. The van der Waals surface area contributed by atoms with Crippen molar-refractivity contribution < 1.29 is 19.2 Å². The van der Waals surface area contributed by atoms with Gasteiger partial charge in [-0.3, -0.25) is 19.7 Å². The van der Waals surface area contributed by atoms with Gasteiger partial charge in [0.05, 0.1) is 17.4 Å². The first-order valence-corrected chi connectivity index (χ1v) is 8.99. The van der Waals surface area contributed by atoms with Crippen molar-refractivity contribution >= 4 is 23.3 Å². The second-order valence-electron chi connectivity index (χ2n) is 7.81. The van der Waals surface area contributed by atoms with Crippen LogP contribution >= 0.6 is 0 Å². The van der Waals surface area contributed by atoms with Crippen LogP contribution < -0.4 is 4.90 Å². The second-order valence-corrected chi connectivity index (χ2v) is 7.81. The molecule has 0 fully saturated rings. The van der Waals surface area contributed by atoms with E-state index in [-0.39, 0.29) is 23.8 Å². The number of fused-ring (bicyclic) bond motifs is 1. The molecule has 146 valence electrons. The lowest BCUT2D eigenvalue weighted by atomic mass is 10.0. The topological polar surface area (TPSA) is 89.8 Å². The summed E-state index contributed by atoms with van der Waals surface area (Å²) >= 11 is 0. The van der Waals surface area contributed by atoms with Crippen LogP contribution in [0.2, 0.25) is 0 Å². The van der Waals surface area contributed by atoms with Gasteiger partial charge in [0.1, 0.15) is 11.2 Å². The number of nitro benzene ring substituents is 1. The summed E-state index contributed by atoms with van der Waals surface area (Å²) in [7, 11) is 0. The fraction of sp³-hybridized carbons (Fsp3) is 0.333. The molecule has 0 saturated heterocycles. The Bertz CT molecular complexity index is 944. The van der Waals surface area contributed by atoms with Gasteiger partial charge >= 0.3 is 5.97 Å². The van der Waals surface area contributed by atoms with Crippen LogP contribution in [0.1, 0.15) is 55.1 Å². The van der Waals surface area contributed by atoms with Crippen LogP contribution in [0.25, 0.3) is 0 Å². The zero-order chi connectivity index (χ0) is 20.6. The molecule has 7 heteroatoms. The van der Waals surface area contributed by atoms with Gasteiger partial charge in [-0.25, -0.2) is 0 Å². The van der Waals surface area contributed by atoms with E-state index in [1.807, 2.05) is 20.8 Å². The van der Waals surface area contributed by atoms with E-state index in [1.165, 1.54) is 11.0 Å². The summed E-state index contributed by atoms with van der Waals surface area (Å²) in [6.07, 6.45) is 0. The Hall–Kier alpha value is -3.22. The summed E-state index contributed by atoms with van der Waals surface area (Å²) in [5.74, 6) is -1.16. The van der Waals surface area contributed by atoms with Gasteiger partial charge in [-0.05, 0) is 51.0 Å². The van der Waals surface area contributed by atoms with E-state index in [2.05, 4.69) is 0 Å². The van der Waals surface area contributed by atoms with Crippen molar-refractivity contribution in [1.29, 1.82) is 0 Å². The molecule has 1 atom stereocenters. The van der Waals surface area contributed by atoms with E-state index in [4.69, 9.17) is 4.74 Å². The molecule has 0 radical (unpaired) electrons. The average molecular weight is 382 g/mol. The van der Waals surface area contributed by atoms with Crippen LogP contribution in [0.4, 0.5) is 11.4 Å². The summed E-state index contributed by atoms with van der Waals surface area (Å²) in [4.78, 5) is 37.2. The summed E-state index contributed by atoms with van der Waals surface area (Å²) in [5, 5.41) is 11.2. The molecule has 1 unspecified atom stereocenters. The minimum Gasteiger partial charge on any atom is -0.460 e. The summed E-state index contributed by atoms with van der Waals surface area (Å²) in [6.45, 7) is 7.49. The Morgan fingerprint density at radius 3 is 2.39 bits per heavy atom. The molecule has 1 amide bonds. The minimum atomic E-state index is -0.562. The number of carbonyl (C=O) groups excluding carboxylic acids is 2. The Labute approximate surface area is 163 Å². The molecule has 0 saturated carbocycles. The van der Waals surface area contributed by atoms with E-state index in [1.54, 1.807) is 43.3 Å². The molecular weight excluding hydrogens is 360 g/mol. The summed E-state index contributed by atoms with van der Waals surface area (Å²) in [5.41, 5.74) is 1.42. The zero-order valence-electron chi connectivity index (χ0n) is 16.3. The van der Waals surface area contributed by atoms with Gasteiger partial charge in [0.25, 0.3) is 11.6 Å². The number of hydrogen-bond acceptors (Lipinski definition) is 5. The molecular formula is C21H22N2O5. The van der Waals surface area contributed by atoms with Gasteiger partial charge in [0, 0.05) is 11.8 Å². The van der Waals surface area contributed by atoms with Crippen molar-refractivity contribution in [2.45, 2.75) is 45.8 Å². The highest BCUT2D eigenvalue weighted by molar-refractivity contribution is 6.12. The number of nitro groups is 1. The smallest absolute Gasteiger partial charge is 0.313 e. The Morgan fingerprint density at radius 2 is 1.82 bits per heavy atom. The number of ether oxygens (including phenoxy) is 1. The molecule has 1 aliphatic heterocycles. The van der Waals surface area contributed by atoms with Crippen molar-refractivity contribution in [3.05, 3.63) is 69.3 Å². The third-order valence-electron chi connectivity index (χ3n) is 4.58. The predicted octanol–water partition coefficient (Wildman–Crippen LogP) is 4.20.